The molecule has 0 aromatic rings. The van der Waals surface area contributed by atoms with Gasteiger partial charge in [-0.2, -0.15) is 0 Å². The first-order chi connectivity index (χ1) is 12.9. The van der Waals surface area contributed by atoms with E-state index < -0.39 is 21.5 Å². The standard InChI is InChI=1S/C22H46O4S.K/c1-3-5-7-8-9-10-11-12-13-14-15-16-17-18-21(23)20-22(19-6-4-2)27(24,25)26;/h21-23H,3-20H2,1-2H3,(H,24,25,26);/q;+1/p-1. The van der Waals surface area contributed by atoms with Crippen LogP contribution in [0.15, 0.2) is 0 Å². The number of hydrogen-bond donors (Lipinski definition) is 1. The van der Waals surface area contributed by atoms with Crippen LogP contribution in [-0.4, -0.2) is 29.4 Å². The van der Waals surface area contributed by atoms with Gasteiger partial charge in [0.2, 0.25) is 0 Å². The normalized spacial score (nSPS) is 13.9. The minimum Gasteiger partial charge on any atom is -0.748 e. The fraction of sp³-hybridized carbons (Fsp3) is 1.00. The summed E-state index contributed by atoms with van der Waals surface area (Å²) in [5.74, 6) is 0. The van der Waals surface area contributed by atoms with Crippen LogP contribution in [0.4, 0.5) is 0 Å². The molecule has 0 radical (unpaired) electrons. The SMILES string of the molecule is CCCCCCCCCCCCCCCC(O)CC(CCCC)S(=O)(=O)[O-].[K+]. The second-order valence-corrected chi connectivity index (χ2v) is 9.83. The first-order valence-corrected chi connectivity index (χ1v) is 13.0. The molecule has 0 fully saturated rings. The van der Waals surface area contributed by atoms with E-state index in [2.05, 4.69) is 6.92 Å². The van der Waals surface area contributed by atoms with Crippen LogP contribution in [0.2, 0.25) is 0 Å². The zero-order valence-electron chi connectivity index (χ0n) is 19.0. The monoisotopic (exact) mass is 444 g/mol. The maximum atomic E-state index is 11.3. The predicted molar refractivity (Wildman–Crippen MR) is 114 cm³/mol. The van der Waals surface area contributed by atoms with E-state index in [0.717, 1.165) is 25.7 Å². The van der Waals surface area contributed by atoms with Gasteiger partial charge in [0.05, 0.1) is 21.5 Å². The average Bonchev–Trinajstić information content (AvgIpc) is 2.61. The first kappa shape index (κ1) is 31.7. The molecule has 2 atom stereocenters. The zero-order chi connectivity index (χ0) is 20.4. The fourth-order valence-corrected chi connectivity index (χ4v) is 4.54. The molecule has 4 nitrogen and oxygen atoms in total. The van der Waals surface area contributed by atoms with Crippen molar-refractivity contribution in [3.05, 3.63) is 0 Å². The second-order valence-electron chi connectivity index (χ2n) is 8.18. The van der Waals surface area contributed by atoms with Gasteiger partial charge >= 0.3 is 51.4 Å². The van der Waals surface area contributed by atoms with Crippen molar-refractivity contribution in [2.75, 3.05) is 0 Å². The van der Waals surface area contributed by atoms with Crippen molar-refractivity contribution in [2.45, 2.75) is 141 Å². The smallest absolute Gasteiger partial charge is 0.748 e. The van der Waals surface area contributed by atoms with Crippen molar-refractivity contribution in [1.82, 2.24) is 0 Å². The molecule has 164 valence electrons. The molecule has 0 bridgehead atoms. The number of rotatable bonds is 20. The van der Waals surface area contributed by atoms with Crippen molar-refractivity contribution < 1.29 is 69.5 Å². The van der Waals surface area contributed by atoms with Crippen LogP contribution in [0.1, 0.15) is 129 Å². The molecule has 0 aromatic heterocycles. The minimum absolute atomic E-state index is 0. The molecule has 0 aliphatic heterocycles. The maximum absolute atomic E-state index is 11.3. The van der Waals surface area contributed by atoms with E-state index in [4.69, 9.17) is 0 Å². The van der Waals surface area contributed by atoms with Crippen molar-refractivity contribution in [1.29, 1.82) is 0 Å². The molecule has 1 N–H and O–H groups in total. The summed E-state index contributed by atoms with van der Waals surface area (Å²) in [5, 5.41) is 9.13. The Morgan fingerprint density at radius 3 is 1.46 bits per heavy atom. The van der Waals surface area contributed by atoms with E-state index in [1.165, 1.54) is 70.6 Å². The van der Waals surface area contributed by atoms with Gasteiger partial charge in [-0.3, -0.25) is 0 Å². The Morgan fingerprint density at radius 2 is 1.07 bits per heavy atom. The van der Waals surface area contributed by atoms with E-state index in [-0.39, 0.29) is 57.8 Å². The van der Waals surface area contributed by atoms with Crippen LogP contribution in [0.3, 0.4) is 0 Å². The largest absolute Gasteiger partial charge is 1.00 e. The summed E-state index contributed by atoms with van der Waals surface area (Å²) in [6, 6.07) is 0. The van der Waals surface area contributed by atoms with Crippen LogP contribution >= 0.6 is 0 Å². The molecule has 0 heterocycles. The number of unbranched alkanes of at least 4 members (excludes halogenated alkanes) is 13. The third-order valence-corrected chi connectivity index (χ3v) is 6.71. The number of hydrogen-bond acceptors (Lipinski definition) is 4. The summed E-state index contributed by atoms with van der Waals surface area (Å²) in [4.78, 5) is 0. The molecule has 0 saturated carbocycles. The van der Waals surface area contributed by atoms with Gasteiger partial charge in [0, 0.05) is 0 Å². The zero-order valence-corrected chi connectivity index (χ0v) is 22.9. The van der Waals surface area contributed by atoms with Crippen LogP contribution in [0.25, 0.3) is 0 Å². The van der Waals surface area contributed by atoms with E-state index >= 15 is 0 Å². The summed E-state index contributed by atoms with van der Waals surface area (Å²) >= 11 is 0. The molecule has 0 amide bonds. The Morgan fingerprint density at radius 1 is 0.679 bits per heavy atom. The van der Waals surface area contributed by atoms with Gasteiger partial charge < -0.3 is 9.66 Å². The third-order valence-electron chi connectivity index (χ3n) is 5.46. The van der Waals surface area contributed by atoms with E-state index in [1.54, 1.807) is 0 Å². The molecule has 0 spiro atoms. The van der Waals surface area contributed by atoms with E-state index in [9.17, 15) is 18.1 Å². The Labute approximate surface area is 218 Å². The number of aliphatic hydroxyl groups excluding tert-OH is 1. The van der Waals surface area contributed by atoms with Gasteiger partial charge in [-0.1, -0.05) is 110 Å². The average molecular weight is 445 g/mol. The van der Waals surface area contributed by atoms with E-state index in [1.807, 2.05) is 6.92 Å². The molecular formula is C22H45KO4S. The van der Waals surface area contributed by atoms with Gasteiger partial charge in [0.15, 0.2) is 0 Å². The fourth-order valence-electron chi connectivity index (χ4n) is 3.63. The van der Waals surface area contributed by atoms with E-state index in [0.29, 0.717) is 12.8 Å². The van der Waals surface area contributed by atoms with Crippen LogP contribution < -0.4 is 51.4 Å². The van der Waals surface area contributed by atoms with Gasteiger partial charge in [-0.15, -0.1) is 0 Å². The molecule has 2 unspecified atom stereocenters. The summed E-state index contributed by atoms with van der Waals surface area (Å²) in [6.45, 7) is 4.22. The predicted octanol–water partition coefficient (Wildman–Crippen LogP) is 3.33. The summed E-state index contributed by atoms with van der Waals surface area (Å²) in [5.41, 5.74) is 0. The molecule has 28 heavy (non-hydrogen) atoms. The van der Waals surface area contributed by atoms with Gasteiger partial charge in [0.25, 0.3) is 0 Å². The van der Waals surface area contributed by atoms with Gasteiger partial charge in [0.1, 0.15) is 0 Å². The Hall–Kier alpha value is 1.51. The third kappa shape index (κ3) is 20.8. The quantitative estimate of drug-likeness (QED) is 0.177. The Balaban J connectivity index is 0. The summed E-state index contributed by atoms with van der Waals surface area (Å²) in [7, 11) is -4.30. The minimum atomic E-state index is -4.30. The van der Waals surface area contributed by atoms with Crippen molar-refractivity contribution in [3.8, 4) is 0 Å². The van der Waals surface area contributed by atoms with Crippen LogP contribution in [0, 0.1) is 0 Å². The molecule has 0 aromatic carbocycles. The second kappa shape index (κ2) is 21.7. The van der Waals surface area contributed by atoms with Gasteiger partial charge in [-0.05, 0) is 19.3 Å². The maximum Gasteiger partial charge on any atom is 1.00 e. The Kier molecular flexibility index (Phi) is 24.6. The molecule has 0 rings (SSSR count). The molecule has 0 aliphatic rings. The van der Waals surface area contributed by atoms with Crippen molar-refractivity contribution in [3.63, 3.8) is 0 Å². The summed E-state index contributed by atoms with van der Waals surface area (Å²) < 4.78 is 33.9. The van der Waals surface area contributed by atoms with Crippen molar-refractivity contribution >= 4 is 10.1 Å². The number of aliphatic hydroxyl groups is 1. The van der Waals surface area contributed by atoms with Crippen LogP contribution in [-0.2, 0) is 10.1 Å². The summed E-state index contributed by atoms with van der Waals surface area (Å²) in [6.07, 6.45) is 18.6. The molecule has 6 heteroatoms. The topological polar surface area (TPSA) is 77.4 Å². The Bertz CT molecular complexity index is 415. The van der Waals surface area contributed by atoms with Gasteiger partial charge in [-0.25, -0.2) is 8.42 Å². The van der Waals surface area contributed by atoms with Crippen molar-refractivity contribution in [2.24, 2.45) is 0 Å². The van der Waals surface area contributed by atoms with Crippen LogP contribution in [0.5, 0.6) is 0 Å². The molecule has 0 aliphatic carbocycles. The molecule has 0 saturated heterocycles. The molecular weight excluding hydrogens is 399 g/mol. The first-order valence-electron chi connectivity index (χ1n) is 11.5.